The molecule has 1 unspecified atom stereocenters. The van der Waals surface area contributed by atoms with Crippen LogP contribution in [0.15, 0.2) is 18.2 Å². The van der Waals surface area contributed by atoms with Gasteiger partial charge in [0.25, 0.3) is 0 Å². The minimum atomic E-state index is -1.11. The van der Waals surface area contributed by atoms with Gasteiger partial charge in [0, 0.05) is 0 Å². The summed E-state index contributed by atoms with van der Waals surface area (Å²) in [5.41, 5.74) is 0.613. The molecule has 0 saturated carbocycles. The molecular formula is C17H26O4. The topological polar surface area (TPSA) is 77.8 Å². The van der Waals surface area contributed by atoms with Gasteiger partial charge in [-0.3, -0.25) is 0 Å². The number of para-hydroxylation sites is 1. The highest BCUT2D eigenvalue weighted by Crippen LogP contribution is 2.24. The van der Waals surface area contributed by atoms with Crippen LogP contribution in [0, 0.1) is 0 Å². The monoisotopic (exact) mass is 294 g/mol. The van der Waals surface area contributed by atoms with E-state index in [1.807, 2.05) is 0 Å². The Morgan fingerprint density at radius 3 is 2.43 bits per heavy atom. The summed E-state index contributed by atoms with van der Waals surface area (Å²) in [5.74, 6) is -1.24. The van der Waals surface area contributed by atoms with E-state index in [9.17, 15) is 15.0 Å². The zero-order valence-electron chi connectivity index (χ0n) is 12.7. The fourth-order valence-corrected chi connectivity index (χ4v) is 2.44. The van der Waals surface area contributed by atoms with Crippen molar-refractivity contribution in [3.8, 4) is 5.75 Å². The van der Waals surface area contributed by atoms with E-state index in [1.165, 1.54) is 6.07 Å². The van der Waals surface area contributed by atoms with E-state index in [4.69, 9.17) is 5.11 Å². The van der Waals surface area contributed by atoms with Crippen molar-refractivity contribution < 1.29 is 20.1 Å². The van der Waals surface area contributed by atoms with Gasteiger partial charge < -0.3 is 15.3 Å². The van der Waals surface area contributed by atoms with Gasteiger partial charge in [-0.05, 0) is 37.3 Å². The fraction of sp³-hybridized carbons (Fsp3) is 0.588. The van der Waals surface area contributed by atoms with E-state index in [1.54, 1.807) is 12.1 Å². The summed E-state index contributed by atoms with van der Waals surface area (Å²) in [5, 5.41) is 28.6. The number of aliphatic hydroxyl groups is 1. The van der Waals surface area contributed by atoms with E-state index in [-0.39, 0.29) is 17.4 Å². The third-order valence-electron chi connectivity index (χ3n) is 3.72. The lowest BCUT2D eigenvalue weighted by atomic mass is 10.0. The Hall–Kier alpha value is -1.55. The number of aryl methyl sites for hydroxylation is 1. The predicted octanol–water partition coefficient (Wildman–Crippen LogP) is 3.74. The predicted molar refractivity (Wildman–Crippen MR) is 82.8 cm³/mol. The summed E-state index contributed by atoms with van der Waals surface area (Å²) in [7, 11) is 0. The van der Waals surface area contributed by atoms with Crippen LogP contribution < -0.4 is 0 Å². The molecule has 0 bridgehead atoms. The first-order valence-electron chi connectivity index (χ1n) is 7.78. The van der Waals surface area contributed by atoms with Crippen molar-refractivity contribution in [1.29, 1.82) is 0 Å². The van der Waals surface area contributed by atoms with Crippen LogP contribution in [0.4, 0.5) is 0 Å². The molecule has 0 heterocycles. The first-order valence-corrected chi connectivity index (χ1v) is 7.78. The Labute approximate surface area is 126 Å². The normalized spacial score (nSPS) is 12.3. The van der Waals surface area contributed by atoms with Gasteiger partial charge in [-0.1, -0.05) is 44.7 Å². The molecule has 1 rings (SSSR count). The van der Waals surface area contributed by atoms with E-state index in [2.05, 4.69) is 6.92 Å². The lowest BCUT2D eigenvalue weighted by Crippen LogP contribution is -2.06. The maximum absolute atomic E-state index is 10.9. The Morgan fingerprint density at radius 2 is 1.81 bits per heavy atom. The second-order valence-corrected chi connectivity index (χ2v) is 5.51. The summed E-state index contributed by atoms with van der Waals surface area (Å²) in [6.45, 7) is 2.14. The number of rotatable bonds is 10. The van der Waals surface area contributed by atoms with Crippen LogP contribution in [0.3, 0.4) is 0 Å². The number of carboxylic acids is 1. The van der Waals surface area contributed by atoms with E-state index in [0.29, 0.717) is 12.0 Å². The summed E-state index contributed by atoms with van der Waals surface area (Å²) < 4.78 is 0. The maximum atomic E-state index is 10.9. The van der Waals surface area contributed by atoms with Crippen LogP contribution in [0.25, 0.3) is 0 Å². The highest BCUT2D eigenvalue weighted by molar-refractivity contribution is 5.91. The SMILES string of the molecule is CCCCCC(O)CCCCc1cccc(C(=O)O)c1O. The largest absolute Gasteiger partial charge is 0.507 e. The zero-order chi connectivity index (χ0) is 15.7. The number of carboxylic acid groups (broad SMARTS) is 1. The molecule has 0 aliphatic rings. The van der Waals surface area contributed by atoms with Crippen LogP contribution >= 0.6 is 0 Å². The zero-order valence-corrected chi connectivity index (χ0v) is 12.7. The number of hydrogen-bond donors (Lipinski definition) is 3. The van der Waals surface area contributed by atoms with Crippen molar-refractivity contribution in [1.82, 2.24) is 0 Å². The van der Waals surface area contributed by atoms with Gasteiger partial charge in [-0.25, -0.2) is 4.79 Å². The van der Waals surface area contributed by atoms with Crippen LogP contribution in [0.2, 0.25) is 0 Å². The van der Waals surface area contributed by atoms with Crippen molar-refractivity contribution in [2.75, 3.05) is 0 Å². The molecular weight excluding hydrogens is 268 g/mol. The van der Waals surface area contributed by atoms with E-state index < -0.39 is 5.97 Å². The van der Waals surface area contributed by atoms with Gasteiger partial charge in [0.05, 0.1) is 6.10 Å². The van der Waals surface area contributed by atoms with Gasteiger partial charge in [0.15, 0.2) is 0 Å². The number of benzene rings is 1. The Bertz CT molecular complexity index is 442. The molecule has 0 aromatic heterocycles. The molecule has 118 valence electrons. The van der Waals surface area contributed by atoms with Crippen molar-refractivity contribution in [3.63, 3.8) is 0 Å². The van der Waals surface area contributed by atoms with Gasteiger partial charge in [0.2, 0.25) is 0 Å². The van der Waals surface area contributed by atoms with Crippen molar-refractivity contribution in [3.05, 3.63) is 29.3 Å². The van der Waals surface area contributed by atoms with Gasteiger partial charge in [0.1, 0.15) is 11.3 Å². The summed E-state index contributed by atoms with van der Waals surface area (Å²) in [4.78, 5) is 10.9. The average molecular weight is 294 g/mol. The summed E-state index contributed by atoms with van der Waals surface area (Å²) in [6.07, 6.45) is 7.12. The minimum absolute atomic E-state index is 0.0490. The first kappa shape index (κ1) is 17.5. The molecule has 1 atom stereocenters. The first-order chi connectivity index (χ1) is 10.1. The number of hydrogen-bond acceptors (Lipinski definition) is 3. The number of carbonyl (C=O) groups is 1. The maximum Gasteiger partial charge on any atom is 0.339 e. The lowest BCUT2D eigenvalue weighted by Gasteiger charge is -2.10. The molecule has 21 heavy (non-hydrogen) atoms. The Balaban J connectivity index is 2.33. The van der Waals surface area contributed by atoms with Crippen molar-refractivity contribution >= 4 is 5.97 Å². The number of unbranched alkanes of at least 4 members (excludes halogenated alkanes) is 3. The number of aliphatic hydroxyl groups excluding tert-OH is 1. The van der Waals surface area contributed by atoms with Gasteiger partial charge in [-0.15, -0.1) is 0 Å². The second-order valence-electron chi connectivity index (χ2n) is 5.51. The molecule has 1 aromatic carbocycles. The quantitative estimate of drug-likeness (QED) is 0.574. The van der Waals surface area contributed by atoms with Crippen LogP contribution in [-0.2, 0) is 6.42 Å². The average Bonchev–Trinajstić information content (AvgIpc) is 2.45. The van der Waals surface area contributed by atoms with Crippen molar-refractivity contribution in [2.45, 2.75) is 64.4 Å². The number of aromatic hydroxyl groups is 1. The molecule has 0 aliphatic carbocycles. The van der Waals surface area contributed by atoms with Crippen LogP contribution in [0.1, 0.15) is 67.8 Å². The third-order valence-corrected chi connectivity index (χ3v) is 3.72. The molecule has 3 N–H and O–H groups in total. The molecule has 4 nitrogen and oxygen atoms in total. The smallest absolute Gasteiger partial charge is 0.339 e. The lowest BCUT2D eigenvalue weighted by molar-refractivity contribution is 0.0693. The molecule has 0 saturated heterocycles. The molecule has 4 heteroatoms. The molecule has 0 amide bonds. The van der Waals surface area contributed by atoms with Crippen LogP contribution in [-0.4, -0.2) is 27.4 Å². The fourth-order valence-electron chi connectivity index (χ4n) is 2.44. The minimum Gasteiger partial charge on any atom is -0.507 e. The third kappa shape index (κ3) is 6.17. The van der Waals surface area contributed by atoms with Gasteiger partial charge >= 0.3 is 5.97 Å². The number of aromatic carboxylic acids is 1. The highest BCUT2D eigenvalue weighted by Gasteiger charge is 2.12. The van der Waals surface area contributed by atoms with E-state index >= 15 is 0 Å². The summed E-state index contributed by atoms with van der Waals surface area (Å²) >= 11 is 0. The molecule has 0 aliphatic heterocycles. The Morgan fingerprint density at radius 1 is 1.14 bits per heavy atom. The molecule has 0 fully saturated rings. The molecule has 1 aromatic rings. The summed E-state index contributed by atoms with van der Waals surface area (Å²) in [6, 6.07) is 4.80. The second kappa shape index (κ2) is 9.40. The van der Waals surface area contributed by atoms with Crippen LogP contribution in [0.5, 0.6) is 5.75 Å². The molecule has 0 spiro atoms. The van der Waals surface area contributed by atoms with E-state index in [0.717, 1.165) is 44.9 Å². The van der Waals surface area contributed by atoms with Crippen molar-refractivity contribution in [2.24, 2.45) is 0 Å². The highest BCUT2D eigenvalue weighted by atomic mass is 16.4. The standard InChI is InChI=1S/C17H26O4/c1-2-3-4-10-14(18)11-6-5-8-13-9-7-12-15(16(13)19)17(20)21/h7,9,12,14,18-19H,2-6,8,10-11H2,1H3,(H,20,21). The number of phenols is 1. The Kier molecular flexibility index (Phi) is 7.83. The molecule has 0 radical (unpaired) electrons. The van der Waals surface area contributed by atoms with Gasteiger partial charge in [-0.2, -0.15) is 0 Å².